The number of para-hydroxylation sites is 1. The van der Waals surface area contributed by atoms with Gasteiger partial charge >= 0.3 is 0 Å². The normalized spacial score (nSPS) is 12.7. The van der Waals surface area contributed by atoms with Gasteiger partial charge < -0.3 is 15.2 Å². The highest BCUT2D eigenvalue weighted by atomic mass is 16.5. The average Bonchev–Trinajstić information content (AvgIpc) is 2.34. The van der Waals surface area contributed by atoms with Crippen LogP contribution in [0.15, 0.2) is 24.3 Å². The number of ether oxygens (including phenoxy) is 2. The Morgan fingerprint density at radius 3 is 2.56 bits per heavy atom. The van der Waals surface area contributed by atoms with E-state index in [0.717, 1.165) is 30.8 Å². The van der Waals surface area contributed by atoms with E-state index in [1.165, 1.54) is 0 Å². The van der Waals surface area contributed by atoms with Gasteiger partial charge in [0.05, 0.1) is 6.10 Å². The second-order valence-corrected chi connectivity index (χ2v) is 4.71. The Hall–Kier alpha value is -1.06. The largest absolute Gasteiger partial charge is 0.491 e. The van der Waals surface area contributed by atoms with Crippen molar-refractivity contribution in [1.82, 2.24) is 0 Å². The molecule has 0 amide bonds. The van der Waals surface area contributed by atoms with Crippen LogP contribution in [0.25, 0.3) is 0 Å². The molecule has 0 fully saturated rings. The van der Waals surface area contributed by atoms with Crippen molar-refractivity contribution in [2.45, 2.75) is 45.8 Å². The molecule has 0 heterocycles. The zero-order chi connectivity index (χ0) is 13.4. The van der Waals surface area contributed by atoms with E-state index in [9.17, 15) is 0 Å². The average molecular weight is 251 g/mol. The van der Waals surface area contributed by atoms with Crippen LogP contribution < -0.4 is 10.5 Å². The molecule has 0 aliphatic heterocycles. The minimum atomic E-state index is -0.0307. The van der Waals surface area contributed by atoms with Crippen molar-refractivity contribution in [2.24, 2.45) is 5.73 Å². The summed E-state index contributed by atoms with van der Waals surface area (Å²) >= 11 is 0. The smallest absolute Gasteiger partial charge is 0.124 e. The molecule has 1 atom stereocenters. The van der Waals surface area contributed by atoms with Gasteiger partial charge in [-0.1, -0.05) is 25.1 Å². The third kappa shape index (κ3) is 5.07. The van der Waals surface area contributed by atoms with Crippen molar-refractivity contribution >= 4 is 0 Å². The van der Waals surface area contributed by atoms with Gasteiger partial charge in [0.25, 0.3) is 0 Å². The molecule has 3 heteroatoms. The highest BCUT2D eigenvalue weighted by molar-refractivity contribution is 5.35. The standard InChI is InChI=1S/C15H25NO2/c1-4-10-17-11-9-14(16)13-7-5-6-8-15(13)18-12(2)3/h5-8,12,14H,4,9-11,16H2,1-3H3. The van der Waals surface area contributed by atoms with Gasteiger partial charge in [-0.15, -0.1) is 0 Å². The van der Waals surface area contributed by atoms with E-state index in [2.05, 4.69) is 6.92 Å². The van der Waals surface area contributed by atoms with Gasteiger partial charge in [-0.3, -0.25) is 0 Å². The number of hydrogen-bond donors (Lipinski definition) is 1. The summed E-state index contributed by atoms with van der Waals surface area (Å²) in [5, 5.41) is 0. The Bertz CT molecular complexity index is 339. The maximum absolute atomic E-state index is 6.19. The lowest BCUT2D eigenvalue weighted by Gasteiger charge is -2.18. The topological polar surface area (TPSA) is 44.5 Å². The molecule has 0 aromatic heterocycles. The van der Waals surface area contributed by atoms with Crippen molar-refractivity contribution in [3.8, 4) is 5.75 Å². The maximum Gasteiger partial charge on any atom is 0.124 e. The first-order valence-corrected chi connectivity index (χ1v) is 6.74. The quantitative estimate of drug-likeness (QED) is 0.721. The monoisotopic (exact) mass is 251 g/mol. The van der Waals surface area contributed by atoms with E-state index in [-0.39, 0.29) is 12.1 Å². The lowest BCUT2D eigenvalue weighted by atomic mass is 10.0. The Kier molecular flexibility index (Phi) is 6.76. The molecule has 0 saturated carbocycles. The molecule has 0 spiro atoms. The molecule has 0 aliphatic rings. The van der Waals surface area contributed by atoms with Crippen LogP contribution in [0.2, 0.25) is 0 Å². The Morgan fingerprint density at radius 1 is 1.17 bits per heavy atom. The Labute approximate surface area is 110 Å². The fourth-order valence-corrected chi connectivity index (χ4v) is 1.76. The predicted octanol–water partition coefficient (Wildman–Crippen LogP) is 3.29. The van der Waals surface area contributed by atoms with Crippen LogP contribution in [0.3, 0.4) is 0 Å². The number of hydrogen-bond acceptors (Lipinski definition) is 3. The first kappa shape index (κ1) is 15.0. The minimum absolute atomic E-state index is 0.0307. The molecule has 102 valence electrons. The molecule has 1 aromatic rings. The zero-order valence-electron chi connectivity index (χ0n) is 11.7. The molecular formula is C15H25NO2. The predicted molar refractivity (Wildman–Crippen MR) is 74.9 cm³/mol. The Morgan fingerprint density at radius 2 is 1.89 bits per heavy atom. The third-order valence-electron chi connectivity index (χ3n) is 2.60. The molecule has 0 radical (unpaired) electrons. The highest BCUT2D eigenvalue weighted by Crippen LogP contribution is 2.26. The van der Waals surface area contributed by atoms with Gasteiger partial charge in [0.1, 0.15) is 5.75 Å². The summed E-state index contributed by atoms with van der Waals surface area (Å²) in [7, 11) is 0. The molecule has 1 unspecified atom stereocenters. The highest BCUT2D eigenvalue weighted by Gasteiger charge is 2.12. The van der Waals surface area contributed by atoms with Crippen molar-refractivity contribution in [1.29, 1.82) is 0 Å². The van der Waals surface area contributed by atoms with Gasteiger partial charge in [-0.2, -0.15) is 0 Å². The van der Waals surface area contributed by atoms with E-state index >= 15 is 0 Å². The van der Waals surface area contributed by atoms with Crippen LogP contribution in [-0.2, 0) is 4.74 Å². The number of rotatable bonds is 8. The summed E-state index contributed by atoms with van der Waals surface area (Å²) in [4.78, 5) is 0. The SMILES string of the molecule is CCCOCCC(N)c1ccccc1OC(C)C. The summed E-state index contributed by atoms with van der Waals surface area (Å²) in [5.74, 6) is 0.885. The molecule has 2 N–H and O–H groups in total. The van der Waals surface area contributed by atoms with E-state index in [0.29, 0.717) is 6.61 Å². The maximum atomic E-state index is 6.19. The van der Waals surface area contributed by atoms with E-state index < -0.39 is 0 Å². The second kappa shape index (κ2) is 8.11. The van der Waals surface area contributed by atoms with Crippen molar-refractivity contribution in [3.63, 3.8) is 0 Å². The van der Waals surface area contributed by atoms with E-state index in [4.69, 9.17) is 15.2 Å². The van der Waals surface area contributed by atoms with Gasteiger partial charge in [-0.25, -0.2) is 0 Å². The second-order valence-electron chi connectivity index (χ2n) is 4.71. The fraction of sp³-hybridized carbons (Fsp3) is 0.600. The summed E-state index contributed by atoms with van der Waals surface area (Å²) in [6.45, 7) is 7.65. The third-order valence-corrected chi connectivity index (χ3v) is 2.60. The number of nitrogens with two attached hydrogens (primary N) is 1. The van der Waals surface area contributed by atoms with Crippen LogP contribution in [0, 0.1) is 0 Å². The van der Waals surface area contributed by atoms with Crippen molar-refractivity contribution in [2.75, 3.05) is 13.2 Å². The first-order chi connectivity index (χ1) is 8.65. The van der Waals surface area contributed by atoms with Gasteiger partial charge in [0, 0.05) is 24.8 Å². The minimum Gasteiger partial charge on any atom is -0.491 e. The molecule has 1 aromatic carbocycles. The zero-order valence-corrected chi connectivity index (χ0v) is 11.7. The van der Waals surface area contributed by atoms with Crippen LogP contribution in [0.5, 0.6) is 5.75 Å². The summed E-state index contributed by atoms with van der Waals surface area (Å²) in [5.41, 5.74) is 7.26. The first-order valence-electron chi connectivity index (χ1n) is 6.74. The lowest BCUT2D eigenvalue weighted by molar-refractivity contribution is 0.127. The summed E-state index contributed by atoms with van der Waals surface area (Å²) in [6.07, 6.45) is 2.02. The van der Waals surface area contributed by atoms with Crippen molar-refractivity contribution < 1.29 is 9.47 Å². The van der Waals surface area contributed by atoms with Crippen LogP contribution in [0.1, 0.15) is 45.2 Å². The van der Waals surface area contributed by atoms with Gasteiger partial charge in [0.15, 0.2) is 0 Å². The number of benzene rings is 1. The summed E-state index contributed by atoms with van der Waals surface area (Å²) in [6, 6.07) is 7.94. The molecule has 0 bridgehead atoms. The van der Waals surface area contributed by atoms with E-state index in [1.807, 2.05) is 38.1 Å². The van der Waals surface area contributed by atoms with Crippen LogP contribution in [-0.4, -0.2) is 19.3 Å². The van der Waals surface area contributed by atoms with Crippen LogP contribution in [0.4, 0.5) is 0 Å². The van der Waals surface area contributed by atoms with Gasteiger partial charge in [0.2, 0.25) is 0 Å². The van der Waals surface area contributed by atoms with Gasteiger partial charge in [-0.05, 0) is 32.8 Å². The van der Waals surface area contributed by atoms with Crippen molar-refractivity contribution in [3.05, 3.63) is 29.8 Å². The molecule has 0 saturated heterocycles. The molecule has 0 aliphatic carbocycles. The lowest BCUT2D eigenvalue weighted by Crippen LogP contribution is -2.16. The molecular weight excluding hydrogens is 226 g/mol. The fourth-order valence-electron chi connectivity index (χ4n) is 1.76. The van der Waals surface area contributed by atoms with Crippen LogP contribution >= 0.6 is 0 Å². The molecule has 3 nitrogen and oxygen atoms in total. The Balaban J connectivity index is 2.57. The van der Waals surface area contributed by atoms with E-state index in [1.54, 1.807) is 0 Å². The molecule has 18 heavy (non-hydrogen) atoms. The molecule has 1 rings (SSSR count). The summed E-state index contributed by atoms with van der Waals surface area (Å²) < 4.78 is 11.2.